The Hall–Kier alpha value is -1.96. The van der Waals surface area contributed by atoms with Gasteiger partial charge in [0, 0.05) is 24.5 Å². The lowest BCUT2D eigenvalue weighted by Gasteiger charge is -2.33. The Kier molecular flexibility index (Phi) is 5.08. The molecule has 0 saturated carbocycles. The van der Waals surface area contributed by atoms with Gasteiger partial charge < -0.3 is 19.4 Å². The van der Waals surface area contributed by atoms with Crippen LogP contribution in [0.4, 0.5) is 5.82 Å². The largest absolute Gasteiger partial charge is 0.481 e. The molecule has 0 atom stereocenters. The van der Waals surface area contributed by atoms with Crippen LogP contribution >= 0.6 is 7.60 Å². The maximum atomic E-state index is 12.2. The number of methoxy groups -OCH3 is 1. The van der Waals surface area contributed by atoms with Gasteiger partial charge in [-0.15, -0.1) is 0 Å². The average molecular weight is 368 g/mol. The number of anilines is 1. The molecule has 1 fully saturated rings. The Morgan fingerprint density at radius 2 is 2.12 bits per heavy atom. The second kappa shape index (κ2) is 7.11. The van der Waals surface area contributed by atoms with Gasteiger partial charge >= 0.3 is 7.60 Å². The van der Waals surface area contributed by atoms with Gasteiger partial charge in [0.25, 0.3) is 5.56 Å². The van der Waals surface area contributed by atoms with Crippen LogP contribution in [0.1, 0.15) is 19.3 Å². The van der Waals surface area contributed by atoms with Gasteiger partial charge in [-0.05, 0) is 25.2 Å². The van der Waals surface area contributed by atoms with E-state index in [1.54, 1.807) is 12.3 Å². The molecule has 1 aliphatic rings. The number of rotatable bonds is 5. The lowest BCUT2D eigenvalue weighted by Crippen LogP contribution is -2.35. The molecule has 136 valence electrons. The number of piperidine rings is 1. The van der Waals surface area contributed by atoms with Crippen LogP contribution in [0.3, 0.4) is 0 Å². The molecule has 9 nitrogen and oxygen atoms in total. The van der Waals surface area contributed by atoms with Crippen molar-refractivity contribution in [1.82, 2.24) is 15.2 Å². The second-order valence-corrected chi connectivity index (χ2v) is 8.04. The van der Waals surface area contributed by atoms with E-state index in [4.69, 9.17) is 14.5 Å². The third-order valence-electron chi connectivity index (χ3n) is 4.56. The van der Waals surface area contributed by atoms with E-state index in [0.717, 1.165) is 12.8 Å². The second-order valence-electron chi connectivity index (χ2n) is 6.26. The summed E-state index contributed by atoms with van der Waals surface area (Å²) in [5.74, 6) is 1.24. The van der Waals surface area contributed by atoms with Crippen LogP contribution in [0.15, 0.2) is 17.1 Å². The molecule has 3 N–H and O–H groups in total. The molecule has 0 unspecified atom stereocenters. The van der Waals surface area contributed by atoms with Crippen LogP contribution in [0.5, 0.6) is 5.88 Å². The van der Waals surface area contributed by atoms with Gasteiger partial charge in [0.15, 0.2) is 0 Å². The summed E-state index contributed by atoms with van der Waals surface area (Å²) in [6, 6.07) is 1.67. The van der Waals surface area contributed by atoms with Crippen molar-refractivity contribution in [3.05, 3.63) is 22.6 Å². The van der Waals surface area contributed by atoms with Gasteiger partial charge in [0.2, 0.25) is 5.88 Å². The Bertz CT molecular complexity index is 857. The summed E-state index contributed by atoms with van der Waals surface area (Å²) in [6.07, 6.45) is 3.59. The molecule has 1 saturated heterocycles. The molecule has 2 aromatic rings. The Morgan fingerprint density at radius 3 is 2.76 bits per heavy atom. The SMILES string of the molecule is COc1cc2cn[nH]c(=O)c2c(N2CCC(CCP(=O)(O)O)CC2)n1. The van der Waals surface area contributed by atoms with E-state index in [-0.39, 0.29) is 17.6 Å². The predicted octanol–water partition coefficient (Wildman–Crippen LogP) is 1.11. The average Bonchev–Trinajstić information content (AvgIpc) is 2.59. The minimum atomic E-state index is -3.95. The molecule has 3 rings (SSSR count). The standard InChI is InChI=1S/C15H21N4O5P/c1-24-12-8-11-9-16-18-15(20)13(11)14(17-12)19-5-2-10(3-6-19)4-7-25(21,22)23/h8-10H,2-7H2,1H3,(H,18,20)(H2,21,22,23). The van der Waals surface area contributed by atoms with Crippen molar-refractivity contribution in [2.45, 2.75) is 19.3 Å². The Morgan fingerprint density at radius 1 is 1.40 bits per heavy atom. The third kappa shape index (κ3) is 4.18. The van der Waals surface area contributed by atoms with E-state index in [2.05, 4.69) is 15.2 Å². The molecule has 2 aromatic heterocycles. The highest BCUT2D eigenvalue weighted by molar-refractivity contribution is 7.51. The first-order valence-corrected chi connectivity index (χ1v) is 9.89. The summed E-state index contributed by atoms with van der Waals surface area (Å²) in [6.45, 7) is 1.34. The van der Waals surface area contributed by atoms with Crippen LogP contribution < -0.4 is 15.2 Å². The molecule has 0 amide bonds. The van der Waals surface area contributed by atoms with Crippen molar-refractivity contribution >= 4 is 24.2 Å². The number of aromatic amines is 1. The zero-order chi connectivity index (χ0) is 18.0. The predicted molar refractivity (Wildman–Crippen MR) is 93.2 cm³/mol. The normalized spacial score (nSPS) is 16.4. The van der Waals surface area contributed by atoms with Crippen molar-refractivity contribution < 1.29 is 19.1 Å². The van der Waals surface area contributed by atoms with Crippen LogP contribution in [0.25, 0.3) is 10.8 Å². The summed E-state index contributed by atoms with van der Waals surface area (Å²) >= 11 is 0. The van der Waals surface area contributed by atoms with E-state index in [1.165, 1.54) is 7.11 Å². The number of fused-ring (bicyclic) bond motifs is 1. The summed E-state index contributed by atoms with van der Waals surface area (Å²) in [5, 5.41) is 7.40. The summed E-state index contributed by atoms with van der Waals surface area (Å²) in [5.41, 5.74) is -0.300. The zero-order valence-corrected chi connectivity index (χ0v) is 14.8. The number of nitrogens with zero attached hydrogens (tertiary/aromatic N) is 3. The van der Waals surface area contributed by atoms with Gasteiger partial charge in [-0.2, -0.15) is 10.1 Å². The molecule has 0 radical (unpaired) electrons. The van der Waals surface area contributed by atoms with Crippen molar-refractivity contribution in [1.29, 1.82) is 0 Å². The van der Waals surface area contributed by atoms with E-state index >= 15 is 0 Å². The fourth-order valence-corrected chi connectivity index (χ4v) is 3.90. The third-order valence-corrected chi connectivity index (χ3v) is 5.40. The van der Waals surface area contributed by atoms with Gasteiger partial charge in [-0.3, -0.25) is 9.36 Å². The first-order chi connectivity index (χ1) is 11.9. The number of ether oxygens (including phenoxy) is 1. The molecule has 0 spiro atoms. The van der Waals surface area contributed by atoms with Gasteiger partial charge in [0.05, 0.1) is 24.9 Å². The molecule has 0 aliphatic carbocycles. The Balaban J connectivity index is 1.81. The van der Waals surface area contributed by atoms with Crippen molar-refractivity contribution in [3.8, 4) is 5.88 Å². The summed E-state index contributed by atoms with van der Waals surface area (Å²) < 4.78 is 16.3. The smallest absolute Gasteiger partial charge is 0.325 e. The number of pyridine rings is 1. The van der Waals surface area contributed by atoms with E-state index in [0.29, 0.717) is 42.0 Å². The molecule has 25 heavy (non-hydrogen) atoms. The first kappa shape index (κ1) is 17.8. The molecule has 1 aliphatic heterocycles. The molecule has 0 bridgehead atoms. The van der Waals surface area contributed by atoms with E-state index in [9.17, 15) is 9.36 Å². The number of hydrogen-bond acceptors (Lipinski definition) is 6. The highest BCUT2D eigenvalue weighted by atomic mass is 31.2. The Labute approximate surface area is 144 Å². The lowest BCUT2D eigenvalue weighted by atomic mass is 9.94. The van der Waals surface area contributed by atoms with Crippen LogP contribution in [-0.2, 0) is 4.57 Å². The number of H-pyrrole nitrogens is 1. The van der Waals surface area contributed by atoms with Crippen LogP contribution in [-0.4, -0.2) is 51.3 Å². The fourth-order valence-electron chi connectivity index (χ4n) is 3.20. The molecule has 0 aromatic carbocycles. The monoisotopic (exact) mass is 368 g/mol. The number of aromatic nitrogens is 3. The van der Waals surface area contributed by atoms with Gasteiger partial charge in [0.1, 0.15) is 5.82 Å². The molecule has 10 heteroatoms. The number of nitrogens with one attached hydrogen (secondary N) is 1. The van der Waals surface area contributed by atoms with Crippen LogP contribution in [0, 0.1) is 5.92 Å². The molecular weight excluding hydrogens is 347 g/mol. The highest BCUT2D eigenvalue weighted by Gasteiger charge is 2.25. The van der Waals surface area contributed by atoms with Crippen molar-refractivity contribution in [2.24, 2.45) is 5.92 Å². The van der Waals surface area contributed by atoms with Gasteiger partial charge in [-0.1, -0.05) is 0 Å². The van der Waals surface area contributed by atoms with Crippen LogP contribution in [0.2, 0.25) is 0 Å². The maximum absolute atomic E-state index is 12.2. The molecule has 3 heterocycles. The maximum Gasteiger partial charge on any atom is 0.325 e. The first-order valence-electron chi connectivity index (χ1n) is 8.09. The summed E-state index contributed by atoms with van der Waals surface area (Å²) in [4.78, 5) is 36.7. The fraction of sp³-hybridized carbons (Fsp3) is 0.533. The molecular formula is C15H21N4O5P. The minimum absolute atomic E-state index is 0.0800. The van der Waals surface area contributed by atoms with Crippen molar-refractivity contribution in [2.75, 3.05) is 31.3 Å². The van der Waals surface area contributed by atoms with E-state index in [1.807, 2.05) is 4.90 Å². The quantitative estimate of drug-likeness (QED) is 0.670. The lowest BCUT2D eigenvalue weighted by molar-refractivity contribution is 0.350. The van der Waals surface area contributed by atoms with Gasteiger partial charge in [-0.25, -0.2) is 5.10 Å². The topological polar surface area (TPSA) is 129 Å². The van der Waals surface area contributed by atoms with E-state index < -0.39 is 7.60 Å². The minimum Gasteiger partial charge on any atom is -0.481 e. The number of hydrogen-bond donors (Lipinski definition) is 3. The zero-order valence-electron chi connectivity index (χ0n) is 13.9. The highest BCUT2D eigenvalue weighted by Crippen LogP contribution is 2.38. The van der Waals surface area contributed by atoms with Crippen molar-refractivity contribution in [3.63, 3.8) is 0 Å². The summed E-state index contributed by atoms with van der Waals surface area (Å²) in [7, 11) is -2.43.